The molecular formula is C51H30N4S. The van der Waals surface area contributed by atoms with Crippen molar-refractivity contribution in [1.29, 1.82) is 0 Å². The molecule has 12 rings (SSSR count). The first kappa shape index (κ1) is 31.2. The molecule has 3 heterocycles. The van der Waals surface area contributed by atoms with E-state index >= 15 is 0 Å². The minimum absolute atomic E-state index is 0.651. The summed E-state index contributed by atoms with van der Waals surface area (Å²) in [5.41, 5.74) is 6.43. The Bertz CT molecular complexity index is 3540. The van der Waals surface area contributed by atoms with Gasteiger partial charge in [0.05, 0.1) is 11.0 Å². The maximum atomic E-state index is 5.35. The van der Waals surface area contributed by atoms with E-state index in [0.29, 0.717) is 17.5 Å². The van der Waals surface area contributed by atoms with Crippen LogP contribution in [0.1, 0.15) is 0 Å². The van der Waals surface area contributed by atoms with Gasteiger partial charge in [-0.05, 0) is 80.8 Å². The van der Waals surface area contributed by atoms with E-state index in [9.17, 15) is 0 Å². The molecule has 56 heavy (non-hydrogen) atoms. The normalized spacial score (nSPS) is 11.9. The SMILES string of the molecule is c1ccc(-c2nc(-c3ccc4ccccc4c3)nc(-c3c4ccccc4cc4sc5ccc(-n6c7ccccc7c7cc8ccccc8cc76)cc5c34)n2)cc1. The Hall–Kier alpha value is -7.21. The molecule has 0 fully saturated rings. The van der Waals surface area contributed by atoms with Crippen LogP contribution in [0.3, 0.4) is 0 Å². The summed E-state index contributed by atoms with van der Waals surface area (Å²) in [7, 11) is 0. The van der Waals surface area contributed by atoms with Crippen LogP contribution in [0.15, 0.2) is 182 Å². The Morgan fingerprint density at radius 2 is 1.00 bits per heavy atom. The van der Waals surface area contributed by atoms with Gasteiger partial charge in [-0.25, -0.2) is 15.0 Å². The van der Waals surface area contributed by atoms with Gasteiger partial charge >= 0.3 is 0 Å². The van der Waals surface area contributed by atoms with Crippen molar-refractivity contribution < 1.29 is 0 Å². The third-order valence-corrected chi connectivity index (χ3v) is 12.3. The Kier molecular flexibility index (Phi) is 6.76. The highest BCUT2D eigenvalue weighted by atomic mass is 32.1. The molecule has 0 unspecified atom stereocenters. The first-order valence-electron chi connectivity index (χ1n) is 18.8. The molecule has 5 heteroatoms. The zero-order chi connectivity index (χ0) is 36.7. The average Bonchev–Trinajstić information content (AvgIpc) is 3.79. The lowest BCUT2D eigenvalue weighted by molar-refractivity contribution is 1.08. The molecule has 0 saturated carbocycles. The predicted molar refractivity (Wildman–Crippen MR) is 236 cm³/mol. The molecule has 0 aliphatic heterocycles. The molecule has 4 nitrogen and oxygen atoms in total. The summed E-state index contributed by atoms with van der Waals surface area (Å²) in [6.07, 6.45) is 0. The van der Waals surface area contributed by atoms with Gasteiger partial charge in [-0.3, -0.25) is 0 Å². The highest BCUT2D eigenvalue weighted by Crippen LogP contribution is 2.45. The highest BCUT2D eigenvalue weighted by molar-refractivity contribution is 7.26. The molecule has 260 valence electrons. The quantitative estimate of drug-likeness (QED) is 0.181. The van der Waals surface area contributed by atoms with Crippen LogP contribution in [0, 0.1) is 0 Å². The maximum absolute atomic E-state index is 5.35. The molecule has 3 aromatic heterocycles. The van der Waals surface area contributed by atoms with Gasteiger partial charge in [0, 0.05) is 53.3 Å². The number of fused-ring (bicyclic) bond motifs is 9. The molecule has 0 atom stereocenters. The van der Waals surface area contributed by atoms with Crippen LogP contribution in [-0.4, -0.2) is 19.5 Å². The summed E-state index contributed by atoms with van der Waals surface area (Å²) in [6.45, 7) is 0. The minimum atomic E-state index is 0.651. The smallest absolute Gasteiger partial charge is 0.165 e. The van der Waals surface area contributed by atoms with E-state index in [0.717, 1.165) is 43.9 Å². The van der Waals surface area contributed by atoms with Gasteiger partial charge < -0.3 is 4.57 Å². The maximum Gasteiger partial charge on any atom is 0.165 e. The fourth-order valence-corrected chi connectivity index (χ4v) is 9.70. The summed E-state index contributed by atoms with van der Waals surface area (Å²) in [5.74, 6) is 1.97. The van der Waals surface area contributed by atoms with Crippen molar-refractivity contribution in [2.24, 2.45) is 0 Å². The molecule has 12 aromatic rings. The summed E-state index contributed by atoms with van der Waals surface area (Å²) in [4.78, 5) is 15.8. The third-order valence-electron chi connectivity index (χ3n) is 11.2. The highest BCUT2D eigenvalue weighted by Gasteiger charge is 2.21. The number of rotatable bonds is 4. The van der Waals surface area contributed by atoms with Crippen molar-refractivity contribution in [3.63, 3.8) is 0 Å². The van der Waals surface area contributed by atoms with Gasteiger partial charge in [0.1, 0.15) is 0 Å². The predicted octanol–water partition coefficient (Wildman–Crippen LogP) is 13.8. The lowest BCUT2D eigenvalue weighted by atomic mass is 9.97. The Morgan fingerprint density at radius 3 is 1.82 bits per heavy atom. The van der Waals surface area contributed by atoms with Gasteiger partial charge in [0.25, 0.3) is 0 Å². The first-order valence-corrected chi connectivity index (χ1v) is 19.7. The zero-order valence-corrected chi connectivity index (χ0v) is 30.8. The summed E-state index contributed by atoms with van der Waals surface area (Å²) >= 11 is 1.82. The fraction of sp³-hybridized carbons (Fsp3) is 0. The lowest BCUT2D eigenvalue weighted by Gasteiger charge is -2.13. The van der Waals surface area contributed by atoms with Gasteiger partial charge in [0.15, 0.2) is 17.5 Å². The average molecular weight is 731 g/mol. The second-order valence-electron chi connectivity index (χ2n) is 14.4. The van der Waals surface area contributed by atoms with Crippen LogP contribution in [-0.2, 0) is 0 Å². The molecule has 0 bridgehead atoms. The van der Waals surface area contributed by atoms with E-state index in [1.165, 1.54) is 52.8 Å². The van der Waals surface area contributed by atoms with E-state index in [-0.39, 0.29) is 0 Å². The molecule has 0 N–H and O–H groups in total. The van der Waals surface area contributed by atoms with Crippen LogP contribution < -0.4 is 0 Å². The first-order chi connectivity index (χ1) is 27.7. The van der Waals surface area contributed by atoms with Gasteiger partial charge in [-0.15, -0.1) is 11.3 Å². The van der Waals surface area contributed by atoms with Crippen LogP contribution in [0.25, 0.3) is 114 Å². The van der Waals surface area contributed by atoms with Crippen LogP contribution in [0.4, 0.5) is 0 Å². The summed E-state index contributed by atoms with van der Waals surface area (Å²) in [6, 6.07) is 65.1. The number of aromatic nitrogens is 4. The number of nitrogens with zero attached hydrogens (tertiary/aromatic N) is 4. The standard InChI is InChI=1S/C51H30N4S/c1-2-13-32(14-3-1)49-52-50(37-23-22-31-12-4-5-15-33(31)26-37)54-51(53-49)48-39-19-9-8-18-36(39)29-46-47(48)42-30-38(24-25-45(42)56-46)55-43-21-11-10-20-40(43)41-27-34-16-6-7-17-35(34)28-44(41)55/h1-30H. The van der Waals surface area contributed by atoms with Crippen molar-refractivity contribution in [3.05, 3.63) is 182 Å². The van der Waals surface area contributed by atoms with E-state index in [4.69, 9.17) is 15.0 Å². The van der Waals surface area contributed by atoms with Crippen molar-refractivity contribution in [2.45, 2.75) is 0 Å². The summed E-state index contributed by atoms with van der Waals surface area (Å²) < 4.78 is 4.85. The molecule has 0 aliphatic rings. The Labute approximate surface area is 325 Å². The molecule has 0 radical (unpaired) electrons. The topological polar surface area (TPSA) is 43.6 Å². The molecular weight excluding hydrogens is 701 g/mol. The van der Waals surface area contributed by atoms with Gasteiger partial charge in [-0.1, -0.05) is 133 Å². The van der Waals surface area contributed by atoms with Gasteiger partial charge in [-0.2, -0.15) is 0 Å². The number of hydrogen-bond acceptors (Lipinski definition) is 4. The summed E-state index contributed by atoms with van der Waals surface area (Å²) in [5, 5.41) is 11.9. The van der Waals surface area contributed by atoms with Crippen molar-refractivity contribution in [3.8, 4) is 39.9 Å². The lowest BCUT2D eigenvalue weighted by Crippen LogP contribution is -2.01. The largest absolute Gasteiger partial charge is 0.309 e. The van der Waals surface area contributed by atoms with Crippen LogP contribution in [0.5, 0.6) is 0 Å². The van der Waals surface area contributed by atoms with Crippen molar-refractivity contribution in [1.82, 2.24) is 19.5 Å². The van der Waals surface area contributed by atoms with Gasteiger partial charge in [0.2, 0.25) is 0 Å². The van der Waals surface area contributed by atoms with Crippen molar-refractivity contribution in [2.75, 3.05) is 0 Å². The number of para-hydroxylation sites is 1. The van der Waals surface area contributed by atoms with Crippen molar-refractivity contribution >= 4 is 85.6 Å². The van der Waals surface area contributed by atoms with E-state index in [2.05, 4.69) is 168 Å². The van der Waals surface area contributed by atoms with E-state index < -0.39 is 0 Å². The second-order valence-corrected chi connectivity index (χ2v) is 15.5. The Balaban J connectivity index is 1.16. The number of thiophene rings is 1. The number of benzene rings is 9. The molecule has 9 aromatic carbocycles. The second kappa shape index (κ2) is 12.2. The molecule has 0 saturated heterocycles. The number of hydrogen-bond donors (Lipinski definition) is 0. The molecule has 0 aliphatic carbocycles. The zero-order valence-electron chi connectivity index (χ0n) is 30.0. The van der Waals surface area contributed by atoms with E-state index in [1.807, 2.05) is 29.5 Å². The monoisotopic (exact) mass is 730 g/mol. The molecule has 0 amide bonds. The van der Waals surface area contributed by atoms with E-state index in [1.54, 1.807) is 0 Å². The minimum Gasteiger partial charge on any atom is -0.309 e. The van der Waals surface area contributed by atoms with Crippen LogP contribution in [0.2, 0.25) is 0 Å². The van der Waals surface area contributed by atoms with Crippen LogP contribution >= 0.6 is 11.3 Å². The molecule has 0 spiro atoms. The fourth-order valence-electron chi connectivity index (χ4n) is 8.56. The Morgan fingerprint density at radius 1 is 0.357 bits per heavy atom. The third kappa shape index (κ3) is 4.81.